The first-order chi connectivity index (χ1) is 10.1. The highest BCUT2D eigenvalue weighted by atomic mass is 32.2. The van der Waals surface area contributed by atoms with E-state index in [1.54, 1.807) is 7.11 Å². The molecule has 0 saturated heterocycles. The fraction of sp³-hybridized carbons (Fsp3) is 0.235. The first-order valence-electron chi connectivity index (χ1n) is 6.77. The minimum atomic E-state index is -0.168. The van der Waals surface area contributed by atoms with Crippen LogP contribution >= 0.6 is 11.8 Å². The van der Waals surface area contributed by atoms with Gasteiger partial charge in [0.15, 0.2) is 0 Å². The molecule has 0 aliphatic heterocycles. The maximum Gasteiger partial charge on any atom is 0.237 e. The maximum atomic E-state index is 12.2. The topological polar surface area (TPSA) is 38.3 Å². The van der Waals surface area contributed by atoms with Gasteiger partial charge in [0.2, 0.25) is 5.91 Å². The largest absolute Gasteiger partial charge is 0.497 e. The smallest absolute Gasteiger partial charge is 0.237 e. The van der Waals surface area contributed by atoms with Gasteiger partial charge in [0.05, 0.1) is 12.4 Å². The van der Waals surface area contributed by atoms with E-state index in [0.29, 0.717) is 0 Å². The second-order valence-corrected chi connectivity index (χ2v) is 6.21. The van der Waals surface area contributed by atoms with Crippen LogP contribution in [0.15, 0.2) is 53.4 Å². The molecule has 0 saturated carbocycles. The van der Waals surface area contributed by atoms with Crippen molar-refractivity contribution in [3.8, 4) is 5.75 Å². The van der Waals surface area contributed by atoms with Crippen molar-refractivity contribution < 1.29 is 9.53 Å². The van der Waals surface area contributed by atoms with Crippen LogP contribution in [-0.2, 0) is 4.79 Å². The highest BCUT2D eigenvalue weighted by molar-refractivity contribution is 8.00. The Labute approximate surface area is 129 Å². The third kappa shape index (κ3) is 4.53. The number of methoxy groups -OCH3 is 1. The minimum Gasteiger partial charge on any atom is -0.497 e. The number of carbonyl (C=O) groups excluding carboxylic acids is 1. The number of amides is 1. The first kappa shape index (κ1) is 15.4. The zero-order valence-corrected chi connectivity index (χ0v) is 13.2. The van der Waals surface area contributed by atoms with Gasteiger partial charge in [0.25, 0.3) is 0 Å². The van der Waals surface area contributed by atoms with E-state index in [0.717, 1.165) is 21.9 Å². The molecule has 0 fully saturated rings. The van der Waals surface area contributed by atoms with E-state index < -0.39 is 0 Å². The summed E-state index contributed by atoms with van der Waals surface area (Å²) in [7, 11) is 1.64. The molecule has 1 amide bonds. The number of benzene rings is 2. The van der Waals surface area contributed by atoms with E-state index in [1.807, 2.05) is 62.4 Å². The van der Waals surface area contributed by atoms with E-state index in [2.05, 4.69) is 5.32 Å². The number of thioether (sulfide) groups is 1. The molecule has 0 radical (unpaired) electrons. The third-order valence-corrected chi connectivity index (χ3v) is 4.14. The summed E-state index contributed by atoms with van der Waals surface area (Å²) in [5.41, 5.74) is 1.96. The molecule has 0 aliphatic rings. The Morgan fingerprint density at radius 1 is 1.19 bits per heavy atom. The van der Waals surface area contributed by atoms with Crippen LogP contribution in [0.5, 0.6) is 5.75 Å². The molecule has 21 heavy (non-hydrogen) atoms. The summed E-state index contributed by atoms with van der Waals surface area (Å²) in [5.74, 6) is 0.817. The predicted molar refractivity (Wildman–Crippen MR) is 88.1 cm³/mol. The number of ether oxygens (including phenoxy) is 1. The van der Waals surface area contributed by atoms with Gasteiger partial charge in [-0.15, -0.1) is 11.8 Å². The summed E-state index contributed by atoms with van der Waals surface area (Å²) in [4.78, 5) is 13.2. The first-order valence-corrected chi connectivity index (χ1v) is 7.64. The van der Waals surface area contributed by atoms with Crippen molar-refractivity contribution in [3.63, 3.8) is 0 Å². The fourth-order valence-electron chi connectivity index (χ4n) is 1.88. The molecule has 4 heteroatoms. The van der Waals surface area contributed by atoms with E-state index in [4.69, 9.17) is 4.74 Å². The second-order valence-electron chi connectivity index (χ2n) is 4.79. The van der Waals surface area contributed by atoms with E-state index in [1.165, 1.54) is 11.8 Å². The number of hydrogen-bond acceptors (Lipinski definition) is 3. The maximum absolute atomic E-state index is 12.2. The standard InChI is InChI=1S/C17H19NO2S/c1-12-5-4-6-14(11-12)18-17(19)13(2)21-16-9-7-15(20-3)8-10-16/h4-11,13H,1-3H3,(H,18,19)/t13-/m1/s1. The summed E-state index contributed by atoms with van der Waals surface area (Å²) < 4.78 is 5.12. The SMILES string of the molecule is COc1ccc(S[C@H](C)C(=O)Nc2cccc(C)c2)cc1. The van der Waals surface area contributed by atoms with Gasteiger partial charge >= 0.3 is 0 Å². The molecule has 3 nitrogen and oxygen atoms in total. The van der Waals surface area contributed by atoms with Gasteiger partial charge in [-0.1, -0.05) is 12.1 Å². The van der Waals surface area contributed by atoms with Gasteiger partial charge in [-0.05, 0) is 55.8 Å². The molecular weight excluding hydrogens is 282 g/mol. The zero-order valence-electron chi connectivity index (χ0n) is 12.4. The van der Waals surface area contributed by atoms with Gasteiger partial charge in [-0.25, -0.2) is 0 Å². The normalized spacial score (nSPS) is 11.8. The Bertz CT molecular complexity index is 610. The lowest BCUT2D eigenvalue weighted by molar-refractivity contribution is -0.115. The number of carbonyl (C=O) groups is 1. The molecule has 2 rings (SSSR count). The van der Waals surface area contributed by atoms with E-state index in [-0.39, 0.29) is 11.2 Å². The van der Waals surface area contributed by atoms with Crippen LogP contribution in [0.3, 0.4) is 0 Å². The lowest BCUT2D eigenvalue weighted by atomic mass is 10.2. The number of hydrogen-bond donors (Lipinski definition) is 1. The highest BCUT2D eigenvalue weighted by Crippen LogP contribution is 2.26. The van der Waals surface area contributed by atoms with Crippen molar-refractivity contribution in [2.45, 2.75) is 24.0 Å². The Morgan fingerprint density at radius 2 is 1.90 bits per heavy atom. The number of rotatable bonds is 5. The summed E-state index contributed by atoms with van der Waals surface area (Å²) >= 11 is 1.53. The van der Waals surface area contributed by atoms with Gasteiger partial charge in [0, 0.05) is 10.6 Å². The summed E-state index contributed by atoms with van der Waals surface area (Å²) in [6, 6.07) is 15.5. The van der Waals surface area contributed by atoms with Crippen molar-refractivity contribution in [2.24, 2.45) is 0 Å². The molecule has 0 aliphatic carbocycles. The monoisotopic (exact) mass is 301 g/mol. The van der Waals surface area contributed by atoms with Crippen molar-refractivity contribution in [1.29, 1.82) is 0 Å². The van der Waals surface area contributed by atoms with Gasteiger partial charge in [-0.2, -0.15) is 0 Å². The van der Waals surface area contributed by atoms with Crippen LogP contribution in [0.2, 0.25) is 0 Å². The molecule has 0 bridgehead atoms. The molecule has 0 spiro atoms. The molecule has 110 valence electrons. The third-order valence-electron chi connectivity index (χ3n) is 3.03. The van der Waals surface area contributed by atoms with Crippen molar-refractivity contribution >= 4 is 23.4 Å². The molecule has 1 atom stereocenters. The molecule has 2 aromatic carbocycles. The summed E-state index contributed by atoms with van der Waals surface area (Å²) in [5, 5.41) is 2.77. The fourth-order valence-corrected chi connectivity index (χ4v) is 2.75. The Balaban J connectivity index is 1.95. The average molecular weight is 301 g/mol. The lowest BCUT2D eigenvalue weighted by Gasteiger charge is -2.12. The zero-order chi connectivity index (χ0) is 15.2. The Morgan fingerprint density at radius 3 is 2.52 bits per heavy atom. The van der Waals surface area contributed by atoms with Crippen molar-refractivity contribution in [3.05, 3.63) is 54.1 Å². The van der Waals surface area contributed by atoms with Crippen molar-refractivity contribution in [2.75, 3.05) is 12.4 Å². The van der Waals surface area contributed by atoms with Gasteiger partial charge in [-0.3, -0.25) is 4.79 Å². The summed E-state index contributed by atoms with van der Waals surface area (Å²) in [6.07, 6.45) is 0. The average Bonchev–Trinajstić information content (AvgIpc) is 2.48. The van der Waals surface area contributed by atoms with Crippen LogP contribution in [-0.4, -0.2) is 18.3 Å². The van der Waals surface area contributed by atoms with Crippen LogP contribution in [0, 0.1) is 6.92 Å². The number of anilines is 1. The van der Waals surface area contributed by atoms with Crippen LogP contribution in [0.1, 0.15) is 12.5 Å². The quantitative estimate of drug-likeness (QED) is 0.844. The Hall–Kier alpha value is -1.94. The van der Waals surface area contributed by atoms with Crippen LogP contribution in [0.25, 0.3) is 0 Å². The predicted octanol–water partition coefficient (Wildman–Crippen LogP) is 4.12. The second kappa shape index (κ2) is 7.18. The Kier molecular flexibility index (Phi) is 5.28. The summed E-state index contributed by atoms with van der Waals surface area (Å²) in [6.45, 7) is 3.91. The van der Waals surface area contributed by atoms with Crippen molar-refractivity contribution in [1.82, 2.24) is 0 Å². The highest BCUT2D eigenvalue weighted by Gasteiger charge is 2.14. The number of nitrogens with one attached hydrogen (secondary N) is 1. The number of aryl methyl sites for hydroxylation is 1. The molecule has 0 heterocycles. The van der Waals surface area contributed by atoms with Gasteiger partial charge < -0.3 is 10.1 Å². The van der Waals surface area contributed by atoms with Gasteiger partial charge in [0.1, 0.15) is 5.75 Å². The minimum absolute atomic E-state index is 0.00131. The van der Waals surface area contributed by atoms with Crippen LogP contribution < -0.4 is 10.1 Å². The molecule has 0 unspecified atom stereocenters. The van der Waals surface area contributed by atoms with Crippen LogP contribution in [0.4, 0.5) is 5.69 Å². The lowest BCUT2D eigenvalue weighted by Crippen LogP contribution is -2.22. The van der Waals surface area contributed by atoms with E-state index >= 15 is 0 Å². The van der Waals surface area contributed by atoms with E-state index in [9.17, 15) is 4.79 Å². The molecule has 2 aromatic rings. The molecule has 1 N–H and O–H groups in total. The molecule has 0 aromatic heterocycles. The molecular formula is C17H19NO2S.